The number of aromatic nitrogens is 2. The zero-order valence-electron chi connectivity index (χ0n) is 11.9. The number of hydrogen-bond acceptors (Lipinski definition) is 2. The lowest BCUT2D eigenvalue weighted by Gasteiger charge is -2.14. The van der Waals surface area contributed by atoms with Gasteiger partial charge in [0.15, 0.2) is 0 Å². The molecule has 0 saturated heterocycles. The molecule has 0 bridgehead atoms. The molecule has 0 radical (unpaired) electrons. The number of benzene rings is 1. The average Bonchev–Trinajstić information content (AvgIpc) is 3.10. The van der Waals surface area contributed by atoms with Crippen molar-refractivity contribution in [2.75, 3.05) is 0 Å². The highest BCUT2D eigenvalue weighted by Crippen LogP contribution is 2.47. The molecule has 5 heteroatoms. The van der Waals surface area contributed by atoms with Crippen LogP contribution in [0.25, 0.3) is 0 Å². The molecule has 1 amide bonds. The Kier molecular flexibility index (Phi) is 4.10. The van der Waals surface area contributed by atoms with E-state index in [4.69, 9.17) is 0 Å². The fourth-order valence-corrected chi connectivity index (χ4v) is 2.91. The van der Waals surface area contributed by atoms with Gasteiger partial charge in [-0.2, -0.15) is 5.10 Å². The van der Waals surface area contributed by atoms with Crippen molar-refractivity contribution in [2.24, 2.45) is 5.92 Å². The van der Waals surface area contributed by atoms with Crippen molar-refractivity contribution >= 4 is 21.8 Å². The lowest BCUT2D eigenvalue weighted by atomic mass is 10.1. The number of hydrogen-bond donors (Lipinski definition) is 1. The van der Waals surface area contributed by atoms with Gasteiger partial charge in [-0.1, -0.05) is 28.1 Å². The van der Waals surface area contributed by atoms with Crippen molar-refractivity contribution in [3.63, 3.8) is 0 Å². The summed E-state index contributed by atoms with van der Waals surface area (Å²) in [6.45, 7) is 2.71. The Hall–Kier alpha value is -1.62. The fraction of sp³-hybridized carbons (Fsp3) is 0.375. The summed E-state index contributed by atoms with van der Waals surface area (Å²) in [7, 11) is 0. The third kappa shape index (κ3) is 3.53. The topological polar surface area (TPSA) is 46.9 Å². The molecular weight excluding hydrogens is 330 g/mol. The van der Waals surface area contributed by atoms with Gasteiger partial charge in [0.25, 0.3) is 0 Å². The summed E-state index contributed by atoms with van der Waals surface area (Å²) in [6.07, 6.45) is 4.60. The van der Waals surface area contributed by atoms with Crippen LogP contribution in [-0.4, -0.2) is 21.7 Å². The maximum absolute atomic E-state index is 12.2. The second-order valence-corrected chi connectivity index (χ2v) is 6.55. The lowest BCUT2D eigenvalue weighted by molar-refractivity contribution is -0.123. The molecule has 21 heavy (non-hydrogen) atoms. The van der Waals surface area contributed by atoms with Gasteiger partial charge in [0.05, 0.1) is 6.54 Å². The van der Waals surface area contributed by atoms with E-state index in [1.165, 1.54) is 5.56 Å². The van der Waals surface area contributed by atoms with Crippen LogP contribution < -0.4 is 5.32 Å². The quantitative estimate of drug-likeness (QED) is 0.903. The summed E-state index contributed by atoms with van der Waals surface area (Å²) >= 11 is 3.43. The molecule has 3 atom stereocenters. The fourth-order valence-electron chi connectivity index (χ4n) is 2.65. The van der Waals surface area contributed by atoms with Gasteiger partial charge >= 0.3 is 0 Å². The summed E-state index contributed by atoms with van der Waals surface area (Å²) in [5.41, 5.74) is 1.25. The number of rotatable bonds is 5. The van der Waals surface area contributed by atoms with Crippen LogP contribution in [0.4, 0.5) is 0 Å². The van der Waals surface area contributed by atoms with Crippen LogP contribution in [0.5, 0.6) is 0 Å². The maximum atomic E-state index is 12.2. The second-order valence-electron chi connectivity index (χ2n) is 5.64. The molecule has 1 fully saturated rings. The van der Waals surface area contributed by atoms with Crippen LogP contribution in [0.1, 0.15) is 24.8 Å². The van der Waals surface area contributed by atoms with Gasteiger partial charge in [-0.25, -0.2) is 0 Å². The van der Waals surface area contributed by atoms with E-state index in [2.05, 4.69) is 38.5 Å². The van der Waals surface area contributed by atoms with E-state index >= 15 is 0 Å². The van der Waals surface area contributed by atoms with E-state index in [9.17, 15) is 4.79 Å². The first-order chi connectivity index (χ1) is 10.1. The minimum Gasteiger partial charge on any atom is -0.352 e. The molecule has 1 heterocycles. The molecule has 4 nitrogen and oxygen atoms in total. The first-order valence-electron chi connectivity index (χ1n) is 7.17. The maximum Gasteiger partial charge on any atom is 0.224 e. The van der Waals surface area contributed by atoms with E-state index < -0.39 is 0 Å². The molecule has 3 rings (SSSR count). The molecule has 0 unspecified atom stereocenters. The van der Waals surface area contributed by atoms with Crippen molar-refractivity contribution in [1.82, 2.24) is 15.1 Å². The summed E-state index contributed by atoms with van der Waals surface area (Å²) < 4.78 is 2.91. The van der Waals surface area contributed by atoms with E-state index in [-0.39, 0.29) is 17.9 Å². The van der Waals surface area contributed by atoms with Crippen molar-refractivity contribution in [2.45, 2.75) is 31.8 Å². The first kappa shape index (κ1) is 14.3. The van der Waals surface area contributed by atoms with Crippen molar-refractivity contribution in [1.29, 1.82) is 0 Å². The number of halogens is 1. The molecule has 1 saturated carbocycles. The SMILES string of the molecule is C[C@H](Cn1cccn1)NC(=O)[C@@H]1C[C@@H]1c1ccc(Br)cc1. The molecule has 1 N–H and O–H groups in total. The van der Waals surface area contributed by atoms with Crippen LogP contribution in [0.2, 0.25) is 0 Å². The van der Waals surface area contributed by atoms with Crippen molar-refractivity contribution in [3.8, 4) is 0 Å². The Morgan fingerprint density at radius 3 is 2.90 bits per heavy atom. The molecule has 1 aromatic heterocycles. The monoisotopic (exact) mass is 347 g/mol. The van der Waals surface area contributed by atoms with Gasteiger partial charge in [-0.3, -0.25) is 9.48 Å². The minimum absolute atomic E-state index is 0.0866. The molecule has 1 aromatic carbocycles. The third-order valence-corrected chi connectivity index (χ3v) is 4.36. The summed E-state index contributed by atoms with van der Waals surface area (Å²) in [5, 5.41) is 7.24. The van der Waals surface area contributed by atoms with E-state index in [0.717, 1.165) is 10.9 Å². The molecule has 2 aromatic rings. The number of nitrogens with zero attached hydrogens (tertiary/aromatic N) is 2. The number of amides is 1. The molecular formula is C16H18BrN3O. The number of carbonyl (C=O) groups is 1. The van der Waals surface area contributed by atoms with Crippen LogP contribution in [0.3, 0.4) is 0 Å². The Balaban J connectivity index is 1.52. The van der Waals surface area contributed by atoms with Gasteiger partial charge in [0.1, 0.15) is 0 Å². The summed E-state index contributed by atoms with van der Waals surface area (Å²) in [5.74, 6) is 0.642. The summed E-state index contributed by atoms with van der Waals surface area (Å²) in [6, 6.07) is 10.2. The highest BCUT2D eigenvalue weighted by atomic mass is 79.9. The Labute approximate surface area is 132 Å². The highest BCUT2D eigenvalue weighted by molar-refractivity contribution is 9.10. The van der Waals surface area contributed by atoms with Gasteiger partial charge in [-0.05, 0) is 43.0 Å². The van der Waals surface area contributed by atoms with Gasteiger partial charge in [0.2, 0.25) is 5.91 Å². The summed E-state index contributed by atoms with van der Waals surface area (Å²) in [4.78, 5) is 12.2. The average molecular weight is 348 g/mol. The van der Waals surface area contributed by atoms with Crippen LogP contribution in [0, 0.1) is 5.92 Å². The van der Waals surface area contributed by atoms with Gasteiger partial charge < -0.3 is 5.32 Å². The molecule has 1 aliphatic carbocycles. The predicted molar refractivity (Wildman–Crippen MR) is 84.8 cm³/mol. The Bertz CT molecular complexity index is 609. The molecule has 0 aliphatic heterocycles. The van der Waals surface area contributed by atoms with Crippen molar-refractivity contribution < 1.29 is 4.79 Å². The van der Waals surface area contributed by atoms with Crippen molar-refractivity contribution in [3.05, 3.63) is 52.8 Å². The van der Waals surface area contributed by atoms with E-state index in [1.54, 1.807) is 6.20 Å². The number of nitrogens with one attached hydrogen (secondary N) is 1. The standard InChI is InChI=1S/C16H18BrN3O/c1-11(10-20-8-2-7-18-20)19-16(21)15-9-14(15)12-3-5-13(17)6-4-12/h2-8,11,14-15H,9-10H2,1H3,(H,19,21)/t11-,14-,15-/m1/s1. The van der Waals surface area contributed by atoms with Crippen LogP contribution in [0.15, 0.2) is 47.2 Å². The van der Waals surface area contributed by atoms with Crippen LogP contribution >= 0.6 is 15.9 Å². The van der Waals surface area contributed by atoms with E-state index in [1.807, 2.05) is 36.0 Å². The molecule has 110 valence electrons. The smallest absolute Gasteiger partial charge is 0.224 e. The second kappa shape index (κ2) is 6.02. The van der Waals surface area contributed by atoms with Gasteiger partial charge in [-0.15, -0.1) is 0 Å². The third-order valence-electron chi connectivity index (χ3n) is 3.83. The zero-order chi connectivity index (χ0) is 14.8. The van der Waals surface area contributed by atoms with E-state index in [0.29, 0.717) is 12.5 Å². The lowest BCUT2D eigenvalue weighted by Crippen LogP contribution is -2.37. The Morgan fingerprint density at radius 1 is 1.48 bits per heavy atom. The normalized spacial score (nSPS) is 21.8. The number of carbonyl (C=O) groups excluding carboxylic acids is 1. The molecule has 1 aliphatic rings. The van der Waals surface area contributed by atoms with Gasteiger partial charge in [0, 0.05) is 28.8 Å². The highest BCUT2D eigenvalue weighted by Gasteiger charge is 2.44. The predicted octanol–water partition coefficient (Wildman–Crippen LogP) is 2.95. The Morgan fingerprint density at radius 2 is 2.24 bits per heavy atom. The zero-order valence-corrected chi connectivity index (χ0v) is 13.5. The minimum atomic E-state index is 0.0866. The molecule has 0 spiro atoms. The van der Waals surface area contributed by atoms with Crippen LogP contribution in [-0.2, 0) is 11.3 Å². The first-order valence-corrected chi connectivity index (χ1v) is 7.96. The largest absolute Gasteiger partial charge is 0.352 e.